The number of aryl methyl sites for hydroxylation is 1. The Bertz CT molecular complexity index is 495. The molecule has 0 aliphatic heterocycles. The van der Waals surface area contributed by atoms with Gasteiger partial charge in [0.2, 0.25) is 0 Å². The normalized spacial score (nSPS) is 10.2. The zero-order valence-electron chi connectivity index (χ0n) is 8.44. The van der Waals surface area contributed by atoms with Crippen molar-refractivity contribution in [2.45, 2.75) is 6.92 Å². The maximum absolute atomic E-state index is 9.51. The number of aromatic hydroxyl groups is 1. The molecule has 0 fully saturated rings. The molecule has 1 aromatic carbocycles. The van der Waals surface area contributed by atoms with Crippen molar-refractivity contribution in [3.05, 3.63) is 42.2 Å². The largest absolute Gasteiger partial charge is 0.506 e. The van der Waals surface area contributed by atoms with E-state index in [4.69, 9.17) is 5.73 Å². The number of hydrogen-bond donors (Lipinski definition) is 2. The molecule has 2 rings (SSSR count). The molecule has 1 heterocycles. The maximum Gasteiger partial charge on any atom is 0.139 e. The van der Waals surface area contributed by atoms with Crippen LogP contribution in [-0.2, 0) is 0 Å². The molecule has 0 unspecified atom stereocenters. The van der Waals surface area contributed by atoms with Crippen LogP contribution in [0.1, 0.15) is 5.56 Å². The van der Waals surface area contributed by atoms with Crippen LogP contribution in [0.2, 0.25) is 0 Å². The molecule has 3 heteroatoms. The van der Waals surface area contributed by atoms with Crippen molar-refractivity contribution in [3.8, 4) is 16.9 Å². The predicted octanol–water partition coefficient (Wildman–Crippen LogP) is 2.34. The van der Waals surface area contributed by atoms with Crippen molar-refractivity contribution >= 4 is 5.69 Å². The van der Waals surface area contributed by atoms with E-state index in [1.165, 1.54) is 0 Å². The Labute approximate surface area is 88.2 Å². The van der Waals surface area contributed by atoms with Crippen molar-refractivity contribution in [2.75, 3.05) is 5.73 Å². The van der Waals surface area contributed by atoms with E-state index < -0.39 is 0 Å². The van der Waals surface area contributed by atoms with Crippen LogP contribution < -0.4 is 5.73 Å². The molecule has 2 aromatic rings. The molecule has 0 bridgehead atoms. The first kappa shape index (κ1) is 9.52. The fourth-order valence-corrected chi connectivity index (χ4v) is 1.56. The third kappa shape index (κ3) is 1.64. The van der Waals surface area contributed by atoms with E-state index in [1.807, 2.05) is 19.1 Å². The number of benzene rings is 1. The summed E-state index contributed by atoms with van der Waals surface area (Å²) in [4.78, 5) is 4.02. The summed E-state index contributed by atoms with van der Waals surface area (Å²) in [6.45, 7) is 1.96. The van der Waals surface area contributed by atoms with E-state index in [2.05, 4.69) is 4.98 Å². The zero-order chi connectivity index (χ0) is 10.8. The maximum atomic E-state index is 9.51. The van der Waals surface area contributed by atoms with Crippen molar-refractivity contribution in [3.63, 3.8) is 0 Å². The fraction of sp³-hybridized carbons (Fsp3) is 0.0833. The lowest BCUT2D eigenvalue weighted by molar-refractivity contribution is 0.478. The number of para-hydroxylation sites is 1. The summed E-state index contributed by atoms with van der Waals surface area (Å²) in [7, 11) is 0. The van der Waals surface area contributed by atoms with Gasteiger partial charge >= 0.3 is 0 Å². The number of rotatable bonds is 1. The van der Waals surface area contributed by atoms with E-state index in [9.17, 15) is 5.11 Å². The van der Waals surface area contributed by atoms with Crippen molar-refractivity contribution < 1.29 is 5.11 Å². The Morgan fingerprint density at radius 3 is 2.73 bits per heavy atom. The van der Waals surface area contributed by atoms with Gasteiger partial charge in [0.15, 0.2) is 0 Å². The van der Waals surface area contributed by atoms with Gasteiger partial charge in [0.1, 0.15) is 5.75 Å². The minimum atomic E-state index is 0.115. The molecule has 0 atom stereocenters. The molecule has 0 aliphatic carbocycles. The van der Waals surface area contributed by atoms with E-state index in [-0.39, 0.29) is 5.75 Å². The Morgan fingerprint density at radius 2 is 2.00 bits per heavy atom. The number of aromatic nitrogens is 1. The summed E-state index contributed by atoms with van der Waals surface area (Å²) in [5.41, 5.74) is 9.10. The predicted molar refractivity (Wildman–Crippen MR) is 60.5 cm³/mol. The number of nitrogen functional groups attached to an aromatic ring is 1. The summed E-state index contributed by atoms with van der Waals surface area (Å²) in [5, 5.41) is 9.51. The van der Waals surface area contributed by atoms with Crippen molar-refractivity contribution in [1.29, 1.82) is 0 Å². The van der Waals surface area contributed by atoms with Crippen LogP contribution in [0.5, 0.6) is 5.75 Å². The molecular formula is C12H12N2O. The fourth-order valence-electron chi connectivity index (χ4n) is 1.56. The van der Waals surface area contributed by atoms with Gasteiger partial charge < -0.3 is 10.8 Å². The number of hydrogen-bond acceptors (Lipinski definition) is 3. The number of nitrogens with zero attached hydrogens (tertiary/aromatic N) is 1. The van der Waals surface area contributed by atoms with Gasteiger partial charge in [0.05, 0.1) is 5.69 Å². The summed E-state index contributed by atoms with van der Waals surface area (Å²) in [6.07, 6.45) is 3.49. The Hall–Kier alpha value is -2.03. The van der Waals surface area contributed by atoms with Crippen molar-refractivity contribution in [2.24, 2.45) is 0 Å². The molecule has 0 aliphatic rings. The molecule has 15 heavy (non-hydrogen) atoms. The minimum absolute atomic E-state index is 0.115. The summed E-state index contributed by atoms with van der Waals surface area (Å²) >= 11 is 0. The first-order chi connectivity index (χ1) is 7.20. The number of anilines is 1. The third-order valence-electron chi connectivity index (χ3n) is 2.39. The molecule has 1 aromatic heterocycles. The third-order valence-corrected chi connectivity index (χ3v) is 2.39. The molecule has 0 radical (unpaired) electrons. The van der Waals surface area contributed by atoms with Crippen LogP contribution in [-0.4, -0.2) is 10.1 Å². The van der Waals surface area contributed by atoms with E-state index >= 15 is 0 Å². The topological polar surface area (TPSA) is 59.1 Å². The zero-order valence-corrected chi connectivity index (χ0v) is 8.44. The highest BCUT2D eigenvalue weighted by Gasteiger charge is 2.07. The van der Waals surface area contributed by atoms with Crippen molar-refractivity contribution in [1.82, 2.24) is 4.98 Å². The molecule has 0 saturated carbocycles. The van der Waals surface area contributed by atoms with E-state index in [0.717, 1.165) is 16.7 Å². The van der Waals surface area contributed by atoms with Crippen LogP contribution in [0, 0.1) is 6.92 Å². The van der Waals surface area contributed by atoms with Crippen LogP contribution in [0.4, 0.5) is 5.69 Å². The first-order valence-corrected chi connectivity index (χ1v) is 4.68. The number of pyridine rings is 1. The Kier molecular flexibility index (Phi) is 2.29. The first-order valence-electron chi connectivity index (χ1n) is 4.68. The number of phenolic OH excluding ortho intramolecular Hbond substituents is 1. The summed E-state index contributed by atoms with van der Waals surface area (Å²) < 4.78 is 0. The highest BCUT2D eigenvalue weighted by atomic mass is 16.3. The Balaban J connectivity index is 2.65. The van der Waals surface area contributed by atoms with Gasteiger partial charge in [-0.25, -0.2) is 0 Å². The van der Waals surface area contributed by atoms with Gasteiger partial charge in [0, 0.05) is 18.0 Å². The molecular weight excluding hydrogens is 188 g/mol. The lowest BCUT2D eigenvalue weighted by Crippen LogP contribution is -1.92. The lowest BCUT2D eigenvalue weighted by Gasteiger charge is -2.09. The Morgan fingerprint density at radius 1 is 1.20 bits per heavy atom. The van der Waals surface area contributed by atoms with Crippen LogP contribution in [0.25, 0.3) is 11.1 Å². The standard InChI is InChI=1S/C12H12N2O/c1-8-7-14-6-5-9(8)10-3-2-4-11(15)12(10)13/h2-7,15H,13H2,1H3. The molecule has 3 nitrogen and oxygen atoms in total. The van der Waals surface area contributed by atoms with E-state index in [1.54, 1.807) is 24.5 Å². The smallest absolute Gasteiger partial charge is 0.139 e. The van der Waals surface area contributed by atoms with Gasteiger partial charge in [-0.2, -0.15) is 0 Å². The van der Waals surface area contributed by atoms with Gasteiger partial charge in [-0.05, 0) is 30.2 Å². The average molecular weight is 200 g/mol. The monoisotopic (exact) mass is 200 g/mol. The average Bonchev–Trinajstić information content (AvgIpc) is 2.23. The lowest BCUT2D eigenvalue weighted by atomic mass is 10.0. The second kappa shape index (κ2) is 3.61. The summed E-state index contributed by atoms with van der Waals surface area (Å²) in [6, 6.07) is 7.13. The molecule has 76 valence electrons. The highest BCUT2D eigenvalue weighted by Crippen LogP contribution is 2.33. The molecule has 0 spiro atoms. The second-order valence-electron chi connectivity index (χ2n) is 3.43. The van der Waals surface area contributed by atoms with Crippen LogP contribution in [0.3, 0.4) is 0 Å². The van der Waals surface area contributed by atoms with Crippen LogP contribution >= 0.6 is 0 Å². The van der Waals surface area contributed by atoms with Gasteiger partial charge in [0.25, 0.3) is 0 Å². The molecule has 0 amide bonds. The summed E-state index contributed by atoms with van der Waals surface area (Å²) in [5.74, 6) is 0.115. The van der Waals surface area contributed by atoms with Gasteiger partial charge in [-0.1, -0.05) is 12.1 Å². The second-order valence-corrected chi connectivity index (χ2v) is 3.43. The SMILES string of the molecule is Cc1cnccc1-c1cccc(O)c1N. The number of phenols is 1. The number of nitrogens with two attached hydrogens (primary N) is 1. The van der Waals surface area contributed by atoms with Gasteiger partial charge in [-0.15, -0.1) is 0 Å². The quantitative estimate of drug-likeness (QED) is 0.548. The van der Waals surface area contributed by atoms with Gasteiger partial charge in [-0.3, -0.25) is 4.98 Å². The van der Waals surface area contributed by atoms with E-state index in [0.29, 0.717) is 5.69 Å². The molecule has 3 N–H and O–H groups in total. The van der Waals surface area contributed by atoms with Crippen LogP contribution in [0.15, 0.2) is 36.7 Å². The minimum Gasteiger partial charge on any atom is -0.506 e. The highest BCUT2D eigenvalue weighted by molar-refractivity contribution is 5.81. The molecule has 0 saturated heterocycles.